The molecule has 0 saturated carbocycles. The quantitative estimate of drug-likeness (QED) is 0.854. The van der Waals surface area contributed by atoms with Crippen molar-refractivity contribution in [1.29, 1.82) is 0 Å². The highest BCUT2D eigenvalue weighted by Gasteiger charge is 2.21. The molecule has 1 aliphatic rings. The Hall–Kier alpha value is -1.36. The molecule has 1 heterocycles. The summed E-state index contributed by atoms with van der Waals surface area (Å²) >= 11 is 0. The number of aromatic nitrogens is 2. The predicted octanol–water partition coefficient (Wildman–Crippen LogP) is 1.95. The van der Waals surface area contributed by atoms with Gasteiger partial charge in [0, 0.05) is 25.3 Å². The summed E-state index contributed by atoms with van der Waals surface area (Å²) < 4.78 is 7.42. The molecule has 1 N–H and O–H groups in total. The Morgan fingerprint density at radius 1 is 1.47 bits per heavy atom. The zero-order chi connectivity index (χ0) is 13.8. The summed E-state index contributed by atoms with van der Waals surface area (Å²) in [6, 6.07) is 0. The highest BCUT2D eigenvalue weighted by molar-refractivity contribution is 5.72. The minimum atomic E-state index is -0.881. The van der Waals surface area contributed by atoms with E-state index in [0.717, 1.165) is 18.7 Å². The SMILES string of the molecule is CCOC(CCn1c(C)nc2c1CCCC2)C(=O)O. The number of fused-ring (bicyclic) bond motifs is 1. The second-order valence-electron chi connectivity index (χ2n) is 4.98. The normalized spacial score (nSPS) is 16.1. The Bertz CT molecular complexity index is 454. The van der Waals surface area contributed by atoms with E-state index in [-0.39, 0.29) is 0 Å². The minimum absolute atomic E-state index is 0.429. The molecule has 1 unspecified atom stereocenters. The predicted molar refractivity (Wildman–Crippen MR) is 71.3 cm³/mol. The van der Waals surface area contributed by atoms with E-state index in [4.69, 9.17) is 9.84 Å². The average Bonchev–Trinajstić information content (AvgIpc) is 2.70. The Kier molecular flexibility index (Phi) is 4.58. The van der Waals surface area contributed by atoms with Crippen molar-refractivity contribution in [1.82, 2.24) is 9.55 Å². The lowest BCUT2D eigenvalue weighted by molar-refractivity contribution is -0.150. The maximum absolute atomic E-state index is 11.1. The van der Waals surface area contributed by atoms with Crippen molar-refractivity contribution in [3.8, 4) is 0 Å². The maximum Gasteiger partial charge on any atom is 0.332 e. The fourth-order valence-electron chi connectivity index (χ4n) is 2.76. The summed E-state index contributed by atoms with van der Waals surface area (Å²) in [4.78, 5) is 15.7. The van der Waals surface area contributed by atoms with Crippen molar-refractivity contribution in [3.63, 3.8) is 0 Å². The van der Waals surface area contributed by atoms with Crippen molar-refractivity contribution in [2.45, 2.75) is 58.6 Å². The lowest BCUT2D eigenvalue weighted by Gasteiger charge is -2.17. The van der Waals surface area contributed by atoms with E-state index in [1.807, 2.05) is 13.8 Å². The molecule has 0 amide bonds. The molecule has 106 valence electrons. The molecule has 1 aliphatic carbocycles. The van der Waals surface area contributed by atoms with Crippen LogP contribution in [0.5, 0.6) is 0 Å². The average molecular weight is 266 g/mol. The number of ether oxygens (including phenoxy) is 1. The molecule has 0 spiro atoms. The van der Waals surface area contributed by atoms with E-state index in [0.29, 0.717) is 19.6 Å². The van der Waals surface area contributed by atoms with Gasteiger partial charge in [0.25, 0.3) is 0 Å². The van der Waals surface area contributed by atoms with Gasteiger partial charge in [-0.05, 0) is 39.5 Å². The van der Waals surface area contributed by atoms with Crippen molar-refractivity contribution >= 4 is 5.97 Å². The fraction of sp³-hybridized carbons (Fsp3) is 0.714. The molecule has 1 atom stereocenters. The van der Waals surface area contributed by atoms with Crippen LogP contribution in [0, 0.1) is 6.92 Å². The van der Waals surface area contributed by atoms with Gasteiger partial charge in [-0.25, -0.2) is 9.78 Å². The first-order chi connectivity index (χ1) is 9.13. The minimum Gasteiger partial charge on any atom is -0.479 e. The van der Waals surface area contributed by atoms with E-state index in [1.54, 1.807) is 0 Å². The number of carboxylic acid groups (broad SMARTS) is 1. The first-order valence-electron chi connectivity index (χ1n) is 7.02. The fourth-order valence-corrected chi connectivity index (χ4v) is 2.76. The van der Waals surface area contributed by atoms with Crippen LogP contribution in [0.25, 0.3) is 0 Å². The number of aliphatic carboxylic acids is 1. The molecule has 5 heteroatoms. The molecular formula is C14H22N2O3. The Labute approximate surface area is 113 Å². The van der Waals surface area contributed by atoms with Crippen LogP contribution >= 0.6 is 0 Å². The molecule has 0 aromatic carbocycles. The standard InChI is InChI=1S/C14H22N2O3/c1-3-19-13(14(17)18)8-9-16-10(2)15-11-6-4-5-7-12(11)16/h13H,3-9H2,1-2H3,(H,17,18). The van der Waals surface area contributed by atoms with Gasteiger partial charge in [-0.2, -0.15) is 0 Å². The number of imidazole rings is 1. The molecule has 2 rings (SSSR count). The van der Waals surface area contributed by atoms with Crippen LogP contribution in [0.2, 0.25) is 0 Å². The first-order valence-corrected chi connectivity index (χ1v) is 7.02. The van der Waals surface area contributed by atoms with Gasteiger partial charge in [0.2, 0.25) is 0 Å². The summed E-state index contributed by atoms with van der Waals surface area (Å²) in [7, 11) is 0. The zero-order valence-electron chi connectivity index (χ0n) is 11.7. The van der Waals surface area contributed by atoms with Crippen LogP contribution in [0.4, 0.5) is 0 Å². The lowest BCUT2D eigenvalue weighted by Crippen LogP contribution is -2.26. The van der Waals surface area contributed by atoms with Crippen LogP contribution < -0.4 is 0 Å². The third-order valence-electron chi connectivity index (χ3n) is 3.68. The monoisotopic (exact) mass is 266 g/mol. The van der Waals surface area contributed by atoms with Crippen LogP contribution in [-0.4, -0.2) is 33.3 Å². The molecule has 0 aliphatic heterocycles. The van der Waals surface area contributed by atoms with E-state index in [9.17, 15) is 4.79 Å². The summed E-state index contributed by atoms with van der Waals surface area (Å²) in [5, 5.41) is 9.09. The molecule has 0 saturated heterocycles. The third kappa shape index (κ3) is 3.15. The zero-order valence-corrected chi connectivity index (χ0v) is 11.7. The number of carbonyl (C=O) groups is 1. The Morgan fingerprint density at radius 3 is 2.89 bits per heavy atom. The van der Waals surface area contributed by atoms with Gasteiger partial charge < -0.3 is 14.4 Å². The lowest BCUT2D eigenvalue weighted by atomic mass is 10.0. The second-order valence-corrected chi connectivity index (χ2v) is 4.98. The van der Waals surface area contributed by atoms with Crippen molar-refractivity contribution in [2.24, 2.45) is 0 Å². The second kappa shape index (κ2) is 6.19. The molecule has 5 nitrogen and oxygen atoms in total. The van der Waals surface area contributed by atoms with Gasteiger partial charge in [-0.3, -0.25) is 0 Å². The largest absolute Gasteiger partial charge is 0.479 e. The first kappa shape index (κ1) is 14.1. The van der Waals surface area contributed by atoms with Gasteiger partial charge in [0.05, 0.1) is 5.69 Å². The summed E-state index contributed by atoms with van der Waals surface area (Å²) in [6.45, 7) is 4.91. The van der Waals surface area contributed by atoms with Crippen molar-refractivity contribution in [3.05, 3.63) is 17.2 Å². The Balaban J connectivity index is 2.06. The van der Waals surface area contributed by atoms with Gasteiger partial charge in [0.15, 0.2) is 6.10 Å². The number of nitrogens with zero attached hydrogens (tertiary/aromatic N) is 2. The number of hydrogen-bond donors (Lipinski definition) is 1. The summed E-state index contributed by atoms with van der Waals surface area (Å²) in [5.41, 5.74) is 2.50. The number of hydrogen-bond acceptors (Lipinski definition) is 3. The Morgan fingerprint density at radius 2 is 2.21 bits per heavy atom. The highest BCUT2D eigenvalue weighted by Crippen LogP contribution is 2.22. The van der Waals surface area contributed by atoms with Gasteiger partial charge in [0.1, 0.15) is 5.82 Å². The molecule has 0 fully saturated rings. The van der Waals surface area contributed by atoms with E-state index >= 15 is 0 Å². The maximum atomic E-state index is 11.1. The molecule has 1 aromatic rings. The van der Waals surface area contributed by atoms with E-state index in [1.165, 1.54) is 24.2 Å². The summed E-state index contributed by atoms with van der Waals surface area (Å²) in [6.07, 6.45) is 4.30. The highest BCUT2D eigenvalue weighted by atomic mass is 16.5. The van der Waals surface area contributed by atoms with Crippen LogP contribution in [0.3, 0.4) is 0 Å². The van der Waals surface area contributed by atoms with Gasteiger partial charge in [-0.15, -0.1) is 0 Å². The number of aryl methyl sites for hydroxylation is 2. The van der Waals surface area contributed by atoms with E-state index in [2.05, 4.69) is 9.55 Å². The van der Waals surface area contributed by atoms with E-state index < -0.39 is 12.1 Å². The van der Waals surface area contributed by atoms with Gasteiger partial charge in [-0.1, -0.05) is 0 Å². The topological polar surface area (TPSA) is 64.4 Å². The van der Waals surface area contributed by atoms with Crippen molar-refractivity contribution in [2.75, 3.05) is 6.61 Å². The number of rotatable bonds is 6. The number of carboxylic acids is 1. The smallest absolute Gasteiger partial charge is 0.332 e. The summed E-state index contributed by atoms with van der Waals surface area (Å²) in [5.74, 6) is 0.112. The molecule has 0 radical (unpaired) electrons. The van der Waals surface area contributed by atoms with Crippen molar-refractivity contribution < 1.29 is 14.6 Å². The van der Waals surface area contributed by atoms with Gasteiger partial charge >= 0.3 is 5.97 Å². The van der Waals surface area contributed by atoms with Crippen LogP contribution in [-0.2, 0) is 28.9 Å². The molecule has 19 heavy (non-hydrogen) atoms. The van der Waals surface area contributed by atoms with Crippen LogP contribution in [0.15, 0.2) is 0 Å². The van der Waals surface area contributed by atoms with Crippen LogP contribution in [0.1, 0.15) is 43.4 Å². The molecule has 0 bridgehead atoms. The molecule has 1 aromatic heterocycles. The third-order valence-corrected chi connectivity index (χ3v) is 3.68. The molecular weight excluding hydrogens is 244 g/mol.